The van der Waals surface area contributed by atoms with Gasteiger partial charge in [0.1, 0.15) is 0 Å². The van der Waals surface area contributed by atoms with Crippen LogP contribution in [0.4, 0.5) is 0 Å². The molecule has 0 saturated heterocycles. The van der Waals surface area contributed by atoms with Gasteiger partial charge < -0.3 is 10.0 Å². The highest BCUT2D eigenvalue weighted by Crippen LogP contribution is 2.37. The molecule has 0 fully saturated rings. The Morgan fingerprint density at radius 1 is 1.05 bits per heavy atom. The zero-order valence-electron chi connectivity index (χ0n) is 10.7. The number of rotatable bonds is 2. The van der Waals surface area contributed by atoms with Gasteiger partial charge in [0.15, 0.2) is 5.72 Å². The van der Waals surface area contributed by atoms with Crippen LogP contribution in [0.1, 0.15) is 28.4 Å². The fourth-order valence-corrected chi connectivity index (χ4v) is 2.56. The van der Waals surface area contributed by atoms with Crippen LogP contribution in [-0.4, -0.2) is 15.9 Å². The minimum absolute atomic E-state index is 0.121. The smallest absolute Gasteiger partial charge is 0.257 e. The van der Waals surface area contributed by atoms with Crippen LogP contribution >= 0.6 is 0 Å². The molecule has 1 aliphatic rings. The van der Waals surface area contributed by atoms with Gasteiger partial charge in [-0.2, -0.15) is 0 Å². The highest BCUT2D eigenvalue weighted by molar-refractivity contribution is 5.99. The van der Waals surface area contributed by atoms with E-state index in [4.69, 9.17) is 0 Å². The van der Waals surface area contributed by atoms with E-state index in [1.54, 1.807) is 19.1 Å². The van der Waals surface area contributed by atoms with Crippen LogP contribution in [0.5, 0.6) is 0 Å². The largest absolute Gasteiger partial charge is 0.367 e. The molecule has 1 N–H and O–H groups in total. The minimum atomic E-state index is -1.25. The van der Waals surface area contributed by atoms with Gasteiger partial charge in [0.25, 0.3) is 5.91 Å². The standard InChI is InChI=1S/C16H15NO2/c1-16(19)14-10-6-5-9-13(14)15(18)17(16)11-12-7-3-2-4-8-12/h2-10,19H,11H2,1H3/t16-/m0/s1. The number of nitrogens with zero attached hydrogens (tertiary/aromatic N) is 1. The summed E-state index contributed by atoms with van der Waals surface area (Å²) < 4.78 is 0. The first-order valence-corrected chi connectivity index (χ1v) is 6.28. The van der Waals surface area contributed by atoms with E-state index in [0.717, 1.165) is 5.56 Å². The quantitative estimate of drug-likeness (QED) is 0.893. The highest BCUT2D eigenvalue weighted by atomic mass is 16.3. The average molecular weight is 253 g/mol. The first-order valence-electron chi connectivity index (χ1n) is 6.28. The summed E-state index contributed by atoms with van der Waals surface area (Å²) >= 11 is 0. The average Bonchev–Trinajstić information content (AvgIpc) is 2.62. The Bertz CT molecular complexity index is 620. The number of benzene rings is 2. The van der Waals surface area contributed by atoms with E-state index in [1.165, 1.54) is 4.90 Å². The SMILES string of the molecule is C[C@]1(O)c2ccccc2C(=O)N1Cc1ccccc1. The van der Waals surface area contributed by atoms with E-state index in [9.17, 15) is 9.90 Å². The molecule has 3 nitrogen and oxygen atoms in total. The molecule has 2 aromatic rings. The van der Waals surface area contributed by atoms with E-state index < -0.39 is 5.72 Å². The summed E-state index contributed by atoms with van der Waals surface area (Å²) in [6, 6.07) is 16.9. The highest BCUT2D eigenvalue weighted by Gasteiger charge is 2.44. The molecule has 2 aromatic carbocycles. The molecule has 0 unspecified atom stereocenters. The summed E-state index contributed by atoms with van der Waals surface area (Å²) in [4.78, 5) is 13.9. The normalized spacial score (nSPS) is 21.6. The van der Waals surface area contributed by atoms with Crippen molar-refractivity contribution in [1.29, 1.82) is 0 Å². The molecule has 1 heterocycles. The Balaban J connectivity index is 1.99. The molecule has 3 rings (SSSR count). The van der Waals surface area contributed by atoms with Crippen molar-refractivity contribution in [3.05, 3.63) is 71.3 Å². The van der Waals surface area contributed by atoms with Crippen molar-refractivity contribution < 1.29 is 9.90 Å². The number of carbonyl (C=O) groups excluding carboxylic acids is 1. The molecule has 19 heavy (non-hydrogen) atoms. The molecule has 0 radical (unpaired) electrons. The first-order chi connectivity index (χ1) is 9.10. The van der Waals surface area contributed by atoms with Crippen LogP contribution in [0.3, 0.4) is 0 Å². The van der Waals surface area contributed by atoms with E-state index in [1.807, 2.05) is 42.5 Å². The maximum absolute atomic E-state index is 12.4. The van der Waals surface area contributed by atoms with Gasteiger partial charge in [-0.15, -0.1) is 0 Å². The van der Waals surface area contributed by atoms with Crippen LogP contribution in [0, 0.1) is 0 Å². The summed E-state index contributed by atoms with van der Waals surface area (Å²) in [5.74, 6) is -0.121. The van der Waals surface area contributed by atoms with Crippen molar-refractivity contribution in [2.45, 2.75) is 19.2 Å². The summed E-state index contributed by atoms with van der Waals surface area (Å²) in [7, 11) is 0. The van der Waals surface area contributed by atoms with Crippen molar-refractivity contribution in [2.24, 2.45) is 0 Å². The molecular formula is C16H15NO2. The number of hydrogen-bond donors (Lipinski definition) is 1. The van der Waals surface area contributed by atoms with Crippen LogP contribution in [-0.2, 0) is 12.3 Å². The van der Waals surface area contributed by atoms with Gasteiger partial charge in [0.05, 0.1) is 0 Å². The third-order valence-corrected chi connectivity index (χ3v) is 3.62. The molecule has 0 aliphatic carbocycles. The zero-order chi connectivity index (χ0) is 13.5. The van der Waals surface area contributed by atoms with Crippen LogP contribution in [0.25, 0.3) is 0 Å². The summed E-state index contributed by atoms with van der Waals surface area (Å²) in [6.45, 7) is 2.07. The monoisotopic (exact) mass is 253 g/mol. The molecule has 0 bridgehead atoms. The van der Waals surface area contributed by atoms with Gasteiger partial charge in [-0.3, -0.25) is 4.79 Å². The van der Waals surface area contributed by atoms with Crippen LogP contribution in [0.2, 0.25) is 0 Å². The Morgan fingerprint density at radius 3 is 2.37 bits per heavy atom. The fraction of sp³-hybridized carbons (Fsp3) is 0.188. The van der Waals surface area contributed by atoms with E-state index in [0.29, 0.717) is 17.7 Å². The van der Waals surface area contributed by atoms with Gasteiger partial charge in [-0.1, -0.05) is 48.5 Å². The zero-order valence-corrected chi connectivity index (χ0v) is 10.7. The van der Waals surface area contributed by atoms with Gasteiger partial charge in [0.2, 0.25) is 0 Å². The first kappa shape index (κ1) is 11.9. The topological polar surface area (TPSA) is 40.5 Å². The number of fused-ring (bicyclic) bond motifs is 1. The van der Waals surface area contributed by atoms with Crippen molar-refractivity contribution in [2.75, 3.05) is 0 Å². The lowest BCUT2D eigenvalue weighted by atomic mass is 10.0. The molecule has 0 spiro atoms. The van der Waals surface area contributed by atoms with Gasteiger partial charge in [0, 0.05) is 17.7 Å². The number of amides is 1. The van der Waals surface area contributed by atoms with E-state index in [2.05, 4.69) is 0 Å². The molecular weight excluding hydrogens is 238 g/mol. The molecule has 0 saturated carbocycles. The Morgan fingerprint density at radius 2 is 1.68 bits per heavy atom. The second-order valence-corrected chi connectivity index (χ2v) is 4.94. The van der Waals surface area contributed by atoms with Gasteiger partial charge >= 0.3 is 0 Å². The predicted octanol–water partition coefficient (Wildman–Crippen LogP) is 2.51. The summed E-state index contributed by atoms with van der Waals surface area (Å²) in [6.07, 6.45) is 0. The summed E-state index contributed by atoms with van der Waals surface area (Å²) in [5.41, 5.74) is 1.02. The van der Waals surface area contributed by atoms with Crippen molar-refractivity contribution in [3.8, 4) is 0 Å². The lowest BCUT2D eigenvalue weighted by Crippen LogP contribution is -2.40. The van der Waals surface area contributed by atoms with Gasteiger partial charge in [-0.05, 0) is 18.6 Å². The Hall–Kier alpha value is -2.13. The fourth-order valence-electron chi connectivity index (χ4n) is 2.56. The Labute approximate surface area is 112 Å². The second kappa shape index (κ2) is 4.21. The lowest BCUT2D eigenvalue weighted by molar-refractivity contribution is -0.0727. The predicted molar refractivity (Wildman–Crippen MR) is 72.3 cm³/mol. The number of aliphatic hydroxyl groups is 1. The van der Waals surface area contributed by atoms with Crippen LogP contribution in [0.15, 0.2) is 54.6 Å². The number of carbonyl (C=O) groups is 1. The van der Waals surface area contributed by atoms with Crippen molar-refractivity contribution >= 4 is 5.91 Å². The lowest BCUT2D eigenvalue weighted by Gasteiger charge is -2.30. The summed E-state index contributed by atoms with van der Waals surface area (Å²) in [5, 5.41) is 10.6. The molecule has 1 atom stereocenters. The molecule has 1 amide bonds. The van der Waals surface area contributed by atoms with E-state index in [-0.39, 0.29) is 5.91 Å². The maximum Gasteiger partial charge on any atom is 0.257 e. The minimum Gasteiger partial charge on any atom is -0.367 e. The Kier molecular flexibility index (Phi) is 2.64. The molecule has 3 heteroatoms. The second-order valence-electron chi connectivity index (χ2n) is 4.94. The van der Waals surface area contributed by atoms with E-state index >= 15 is 0 Å². The third kappa shape index (κ3) is 1.83. The van der Waals surface area contributed by atoms with Crippen molar-refractivity contribution in [3.63, 3.8) is 0 Å². The third-order valence-electron chi connectivity index (χ3n) is 3.62. The maximum atomic E-state index is 12.4. The van der Waals surface area contributed by atoms with Gasteiger partial charge in [-0.25, -0.2) is 0 Å². The molecule has 0 aromatic heterocycles. The molecule has 96 valence electrons. The number of hydrogen-bond acceptors (Lipinski definition) is 2. The molecule has 1 aliphatic heterocycles. The van der Waals surface area contributed by atoms with Crippen molar-refractivity contribution in [1.82, 2.24) is 4.90 Å². The van der Waals surface area contributed by atoms with Crippen LogP contribution < -0.4 is 0 Å².